The van der Waals surface area contributed by atoms with Crippen molar-refractivity contribution in [3.63, 3.8) is 0 Å². The Hall–Kier alpha value is -1.95. The van der Waals surface area contributed by atoms with Crippen molar-refractivity contribution < 1.29 is 14.2 Å². The van der Waals surface area contributed by atoms with Gasteiger partial charge in [0.05, 0.1) is 6.61 Å². The molecular weight excluding hydrogens is 295 g/mol. The Kier molecular flexibility index (Phi) is 6.52. The van der Waals surface area contributed by atoms with Crippen molar-refractivity contribution in [2.45, 2.75) is 12.6 Å². The first-order valence-corrected chi connectivity index (χ1v) is 7.63. The molecule has 0 aliphatic rings. The van der Waals surface area contributed by atoms with Gasteiger partial charge in [-0.3, -0.25) is 4.90 Å². The Balaban J connectivity index is 2.08. The fraction of sp³-hybridized carbons (Fsp3) is 0.333. The molecule has 0 bridgehead atoms. The fourth-order valence-electron chi connectivity index (χ4n) is 2.47. The molecule has 0 spiro atoms. The lowest BCUT2D eigenvalue weighted by molar-refractivity contribution is 0.183. The van der Waals surface area contributed by atoms with E-state index in [0.717, 1.165) is 5.56 Å². The van der Waals surface area contributed by atoms with Crippen molar-refractivity contribution >= 4 is 0 Å². The van der Waals surface area contributed by atoms with E-state index < -0.39 is 0 Å². The summed E-state index contributed by atoms with van der Waals surface area (Å²) in [6.45, 7) is 1.24. The molecule has 0 aliphatic heterocycles. The number of aliphatic hydroxyl groups excluding tert-OH is 1. The molecule has 2 rings (SSSR count). The summed E-state index contributed by atoms with van der Waals surface area (Å²) in [5.74, 6) is 0.396. The van der Waals surface area contributed by atoms with Gasteiger partial charge in [0.1, 0.15) is 18.2 Å². The van der Waals surface area contributed by atoms with Crippen LogP contribution in [0.4, 0.5) is 4.39 Å². The van der Waals surface area contributed by atoms with Gasteiger partial charge in [0.15, 0.2) is 0 Å². The predicted octanol–water partition coefficient (Wildman–Crippen LogP) is 2.33. The molecule has 0 heterocycles. The first-order chi connectivity index (χ1) is 11.2. The summed E-state index contributed by atoms with van der Waals surface area (Å²) in [6, 6.07) is 14.2. The maximum Gasteiger partial charge on any atom is 0.129 e. The van der Waals surface area contributed by atoms with Gasteiger partial charge in [0, 0.05) is 24.7 Å². The second-order valence-corrected chi connectivity index (χ2v) is 5.41. The molecule has 0 fully saturated rings. The molecule has 1 atom stereocenters. The van der Waals surface area contributed by atoms with Crippen molar-refractivity contribution in [3.05, 3.63) is 65.5 Å². The number of hydrogen-bond donors (Lipinski definition) is 2. The average molecular weight is 318 g/mol. The molecular formula is C18H23FN2O2. The quantitative estimate of drug-likeness (QED) is 0.784. The molecule has 2 aromatic rings. The van der Waals surface area contributed by atoms with Crippen molar-refractivity contribution in [1.29, 1.82) is 0 Å². The standard InChI is InChI=1S/C18H23FN2O2/c1-21(9-10-22)18(12-20)14-6-4-7-16(11-14)23-13-15-5-2-3-8-17(15)19/h2-8,11,18,22H,9-10,12-13,20H2,1H3. The minimum atomic E-state index is -0.272. The molecule has 0 saturated carbocycles. The van der Waals surface area contributed by atoms with E-state index in [1.807, 2.05) is 36.2 Å². The van der Waals surface area contributed by atoms with Crippen molar-refractivity contribution in [2.24, 2.45) is 5.73 Å². The number of benzene rings is 2. The van der Waals surface area contributed by atoms with Crippen LogP contribution >= 0.6 is 0 Å². The number of ether oxygens (including phenoxy) is 1. The third-order valence-corrected chi connectivity index (χ3v) is 3.80. The molecule has 124 valence electrons. The minimum absolute atomic E-state index is 0.000776. The van der Waals surface area contributed by atoms with Crippen LogP contribution in [0.15, 0.2) is 48.5 Å². The summed E-state index contributed by atoms with van der Waals surface area (Å²) in [5.41, 5.74) is 7.39. The number of halogens is 1. The van der Waals surface area contributed by atoms with E-state index in [2.05, 4.69) is 0 Å². The maximum atomic E-state index is 13.6. The molecule has 4 nitrogen and oxygen atoms in total. The van der Waals surface area contributed by atoms with E-state index >= 15 is 0 Å². The van der Waals surface area contributed by atoms with Gasteiger partial charge in [0.2, 0.25) is 0 Å². The zero-order valence-corrected chi connectivity index (χ0v) is 13.3. The van der Waals surface area contributed by atoms with Crippen LogP contribution in [-0.2, 0) is 6.61 Å². The summed E-state index contributed by atoms with van der Waals surface area (Å²) in [4.78, 5) is 2.00. The van der Waals surface area contributed by atoms with Gasteiger partial charge < -0.3 is 15.6 Å². The molecule has 0 aliphatic carbocycles. The SMILES string of the molecule is CN(CCO)C(CN)c1cccc(OCc2ccccc2F)c1. The molecule has 1 unspecified atom stereocenters. The molecule has 5 heteroatoms. The lowest BCUT2D eigenvalue weighted by Gasteiger charge is -2.26. The second-order valence-electron chi connectivity index (χ2n) is 5.41. The summed E-state index contributed by atoms with van der Waals surface area (Å²) in [6.07, 6.45) is 0. The fourth-order valence-corrected chi connectivity index (χ4v) is 2.47. The summed E-state index contributed by atoms with van der Waals surface area (Å²) in [7, 11) is 1.92. The number of nitrogens with two attached hydrogens (primary N) is 1. The van der Waals surface area contributed by atoms with Gasteiger partial charge in [-0.15, -0.1) is 0 Å². The summed E-state index contributed by atoms with van der Waals surface area (Å²) >= 11 is 0. The highest BCUT2D eigenvalue weighted by molar-refractivity contribution is 5.31. The highest BCUT2D eigenvalue weighted by Crippen LogP contribution is 2.23. The number of aliphatic hydroxyl groups is 1. The maximum absolute atomic E-state index is 13.6. The van der Waals surface area contributed by atoms with Crippen molar-refractivity contribution in [3.8, 4) is 5.75 Å². The highest BCUT2D eigenvalue weighted by atomic mass is 19.1. The van der Waals surface area contributed by atoms with E-state index in [1.54, 1.807) is 18.2 Å². The first-order valence-electron chi connectivity index (χ1n) is 7.63. The summed E-state index contributed by atoms with van der Waals surface area (Å²) < 4.78 is 19.3. The average Bonchev–Trinajstić information content (AvgIpc) is 2.55. The zero-order chi connectivity index (χ0) is 16.7. The third-order valence-electron chi connectivity index (χ3n) is 3.80. The van der Waals surface area contributed by atoms with Crippen LogP contribution in [0.2, 0.25) is 0 Å². The van der Waals surface area contributed by atoms with Crippen LogP contribution in [0.3, 0.4) is 0 Å². The molecule has 0 aromatic heterocycles. The monoisotopic (exact) mass is 318 g/mol. The highest BCUT2D eigenvalue weighted by Gasteiger charge is 2.15. The van der Waals surface area contributed by atoms with Crippen molar-refractivity contribution in [1.82, 2.24) is 4.90 Å². The number of rotatable bonds is 8. The van der Waals surface area contributed by atoms with E-state index in [1.165, 1.54) is 6.07 Å². The smallest absolute Gasteiger partial charge is 0.129 e. The molecule has 23 heavy (non-hydrogen) atoms. The Labute approximate surface area is 136 Å². The van der Waals surface area contributed by atoms with Gasteiger partial charge in [-0.05, 0) is 30.8 Å². The number of nitrogens with zero attached hydrogens (tertiary/aromatic N) is 1. The molecule has 0 radical (unpaired) electrons. The molecule has 2 aromatic carbocycles. The van der Waals surface area contributed by atoms with E-state index in [0.29, 0.717) is 24.4 Å². The molecule has 0 amide bonds. The Bertz CT molecular complexity index is 621. The van der Waals surface area contributed by atoms with E-state index in [-0.39, 0.29) is 25.1 Å². The van der Waals surface area contributed by atoms with E-state index in [4.69, 9.17) is 15.6 Å². The summed E-state index contributed by atoms with van der Waals surface area (Å²) in [5, 5.41) is 9.08. The minimum Gasteiger partial charge on any atom is -0.489 e. The first kappa shape index (κ1) is 17.4. The van der Waals surface area contributed by atoms with Crippen LogP contribution in [0.25, 0.3) is 0 Å². The van der Waals surface area contributed by atoms with Crippen LogP contribution in [-0.4, -0.2) is 36.8 Å². The number of hydrogen-bond acceptors (Lipinski definition) is 4. The van der Waals surface area contributed by atoms with Crippen LogP contribution < -0.4 is 10.5 Å². The number of likely N-dealkylation sites (N-methyl/N-ethyl adjacent to an activating group) is 1. The van der Waals surface area contributed by atoms with Gasteiger partial charge in [-0.1, -0.05) is 30.3 Å². The van der Waals surface area contributed by atoms with Gasteiger partial charge in [-0.25, -0.2) is 4.39 Å². The van der Waals surface area contributed by atoms with Gasteiger partial charge in [-0.2, -0.15) is 0 Å². The topological polar surface area (TPSA) is 58.7 Å². The lowest BCUT2D eigenvalue weighted by Crippen LogP contribution is -2.32. The zero-order valence-electron chi connectivity index (χ0n) is 13.3. The predicted molar refractivity (Wildman–Crippen MR) is 88.7 cm³/mol. The normalized spacial score (nSPS) is 12.4. The van der Waals surface area contributed by atoms with Crippen LogP contribution in [0.1, 0.15) is 17.2 Å². The van der Waals surface area contributed by atoms with Crippen LogP contribution in [0.5, 0.6) is 5.75 Å². The third kappa shape index (κ3) is 4.76. The second kappa shape index (κ2) is 8.62. The Morgan fingerprint density at radius 1 is 1.22 bits per heavy atom. The Morgan fingerprint density at radius 3 is 2.70 bits per heavy atom. The van der Waals surface area contributed by atoms with Gasteiger partial charge in [0.25, 0.3) is 0 Å². The molecule has 3 N–H and O–H groups in total. The lowest BCUT2D eigenvalue weighted by atomic mass is 10.1. The largest absolute Gasteiger partial charge is 0.489 e. The molecule has 0 saturated heterocycles. The van der Waals surface area contributed by atoms with Crippen LogP contribution in [0, 0.1) is 5.82 Å². The van der Waals surface area contributed by atoms with E-state index in [9.17, 15) is 4.39 Å². The Morgan fingerprint density at radius 2 is 2.00 bits per heavy atom. The van der Waals surface area contributed by atoms with Crippen molar-refractivity contribution in [2.75, 3.05) is 26.7 Å². The van der Waals surface area contributed by atoms with Gasteiger partial charge >= 0.3 is 0 Å².